The van der Waals surface area contributed by atoms with Gasteiger partial charge in [-0.1, -0.05) is 49.4 Å². The molecule has 2 fully saturated rings. The quantitative estimate of drug-likeness (QED) is 0.326. The molecule has 0 aromatic heterocycles. The van der Waals surface area contributed by atoms with Gasteiger partial charge in [-0.3, -0.25) is 0 Å². The average molecular weight is 458 g/mol. The molecule has 174 valence electrons. The van der Waals surface area contributed by atoms with Gasteiger partial charge >= 0.3 is 0 Å². The van der Waals surface area contributed by atoms with Gasteiger partial charge in [0.05, 0.1) is 38.5 Å². The number of hydrogen-bond donors (Lipinski definition) is 0. The zero-order chi connectivity index (χ0) is 23.1. The first-order chi connectivity index (χ1) is 15.4. The molecule has 0 N–H and O–H groups in total. The fourth-order valence-electron chi connectivity index (χ4n) is 4.04. The number of halogens is 1. The lowest BCUT2D eigenvalue weighted by Crippen LogP contribution is -2.48. The molecule has 3 rings (SSSR count). The van der Waals surface area contributed by atoms with Crippen molar-refractivity contribution in [2.75, 3.05) is 39.5 Å². The van der Waals surface area contributed by atoms with Gasteiger partial charge in [-0.2, -0.15) is 0 Å². The van der Waals surface area contributed by atoms with E-state index in [1.54, 1.807) is 0 Å². The maximum Gasteiger partial charge on any atom is 0.134 e. The fraction of sp³-hybridized carbons (Fsp3) is 0.500. The molecule has 0 saturated carbocycles. The lowest BCUT2D eigenvalue weighted by atomic mass is 10.0. The van der Waals surface area contributed by atoms with Crippen molar-refractivity contribution in [1.29, 1.82) is 0 Å². The minimum Gasteiger partial charge on any atom is -0.377 e. The van der Waals surface area contributed by atoms with Gasteiger partial charge in [-0.05, 0) is 56.0 Å². The van der Waals surface area contributed by atoms with Gasteiger partial charge in [0.2, 0.25) is 0 Å². The molecule has 1 aromatic rings. The predicted octanol–water partition coefficient (Wildman–Crippen LogP) is 5.39. The van der Waals surface area contributed by atoms with Gasteiger partial charge in [0.25, 0.3) is 0 Å². The molecule has 2 heterocycles. The molecule has 1 aromatic carbocycles. The normalized spacial score (nSPS) is 23.5. The standard InChI is InChI=1S/C26H36ClN3O2/c1-6-23(8-7-19(2)24-9-11-25(27)12-10-24)26(30-14-16-32-18-21(30)4)28-22(5)29-13-15-31-17-20(29)3/h7-12,20-21H,5-6,13-18H2,1-4H3/b19-7+,23-8+,28-26?/t20?,21-/m0/s1. The van der Waals surface area contributed by atoms with Crippen LogP contribution in [-0.2, 0) is 9.47 Å². The first-order valence-electron chi connectivity index (χ1n) is 11.5. The van der Waals surface area contributed by atoms with Crippen molar-refractivity contribution < 1.29 is 9.47 Å². The first-order valence-corrected chi connectivity index (χ1v) is 11.9. The largest absolute Gasteiger partial charge is 0.377 e. The summed E-state index contributed by atoms with van der Waals surface area (Å²) in [5, 5.41) is 0.748. The minimum atomic E-state index is 0.258. The van der Waals surface area contributed by atoms with Crippen LogP contribution in [0.4, 0.5) is 0 Å². The van der Waals surface area contributed by atoms with Crippen LogP contribution < -0.4 is 0 Å². The third-order valence-electron chi connectivity index (χ3n) is 6.08. The number of morpholine rings is 2. The lowest BCUT2D eigenvalue weighted by Gasteiger charge is -2.38. The number of hydrogen-bond acceptors (Lipinski definition) is 4. The molecular formula is C26H36ClN3O2. The molecule has 0 spiro atoms. The van der Waals surface area contributed by atoms with E-state index in [1.807, 2.05) is 24.3 Å². The van der Waals surface area contributed by atoms with Crippen LogP contribution in [0.3, 0.4) is 0 Å². The Labute approximate surface area is 198 Å². The average Bonchev–Trinajstić information content (AvgIpc) is 2.79. The van der Waals surface area contributed by atoms with E-state index in [1.165, 1.54) is 11.1 Å². The minimum absolute atomic E-state index is 0.258. The molecular weight excluding hydrogens is 422 g/mol. The maximum atomic E-state index is 6.05. The Hall–Kier alpha value is -2.08. The van der Waals surface area contributed by atoms with Crippen molar-refractivity contribution in [2.45, 2.75) is 46.2 Å². The first kappa shape index (κ1) is 24.6. The van der Waals surface area contributed by atoms with E-state index in [-0.39, 0.29) is 12.1 Å². The summed E-state index contributed by atoms with van der Waals surface area (Å²) in [6, 6.07) is 8.48. The van der Waals surface area contributed by atoms with Crippen molar-refractivity contribution in [3.05, 3.63) is 65.0 Å². The van der Waals surface area contributed by atoms with Crippen LogP contribution in [0.25, 0.3) is 5.57 Å². The molecule has 2 atom stereocenters. The number of aliphatic imine (C=N–C) groups is 1. The van der Waals surface area contributed by atoms with Crippen LogP contribution in [0, 0.1) is 0 Å². The molecule has 0 aliphatic carbocycles. The van der Waals surface area contributed by atoms with Crippen molar-refractivity contribution in [3.63, 3.8) is 0 Å². The smallest absolute Gasteiger partial charge is 0.134 e. The Kier molecular flexibility index (Phi) is 8.97. The van der Waals surface area contributed by atoms with E-state index in [0.717, 1.165) is 41.8 Å². The summed E-state index contributed by atoms with van der Waals surface area (Å²) >= 11 is 6.05. The number of benzene rings is 1. The SMILES string of the molecule is C=C(N=C(/C(=C/C=C(\C)c1ccc(Cl)cc1)CC)N1CCOC[C@@H]1C)N1CCOCC1C. The highest BCUT2D eigenvalue weighted by Gasteiger charge is 2.26. The summed E-state index contributed by atoms with van der Waals surface area (Å²) in [7, 11) is 0. The van der Waals surface area contributed by atoms with Crippen molar-refractivity contribution in [2.24, 2.45) is 4.99 Å². The second-order valence-electron chi connectivity index (χ2n) is 8.49. The second-order valence-corrected chi connectivity index (χ2v) is 8.92. The van der Waals surface area contributed by atoms with Crippen LogP contribution in [0.1, 0.15) is 39.7 Å². The highest BCUT2D eigenvalue weighted by Crippen LogP contribution is 2.22. The van der Waals surface area contributed by atoms with E-state index in [9.17, 15) is 0 Å². The third kappa shape index (κ3) is 6.25. The summed E-state index contributed by atoms with van der Waals surface area (Å²) in [6.07, 6.45) is 5.24. The molecule has 6 heteroatoms. The molecule has 1 unspecified atom stereocenters. The van der Waals surface area contributed by atoms with E-state index in [2.05, 4.69) is 56.2 Å². The molecule has 32 heavy (non-hydrogen) atoms. The van der Waals surface area contributed by atoms with E-state index < -0.39 is 0 Å². The summed E-state index contributed by atoms with van der Waals surface area (Å²) in [5.41, 5.74) is 3.53. The molecule has 2 saturated heterocycles. The summed E-state index contributed by atoms with van der Waals surface area (Å²) in [5.74, 6) is 1.79. The Balaban J connectivity index is 1.94. The number of rotatable bonds is 6. The summed E-state index contributed by atoms with van der Waals surface area (Å²) < 4.78 is 11.3. The lowest BCUT2D eigenvalue weighted by molar-refractivity contribution is 0.0160. The Morgan fingerprint density at radius 1 is 1.06 bits per heavy atom. The predicted molar refractivity (Wildman–Crippen MR) is 134 cm³/mol. The monoisotopic (exact) mass is 457 g/mol. The van der Waals surface area contributed by atoms with Crippen LogP contribution in [0.2, 0.25) is 5.02 Å². The van der Waals surface area contributed by atoms with Crippen LogP contribution in [0.15, 0.2) is 59.4 Å². The molecule has 2 aliphatic heterocycles. The van der Waals surface area contributed by atoms with E-state index in [0.29, 0.717) is 26.4 Å². The van der Waals surface area contributed by atoms with Gasteiger partial charge < -0.3 is 19.3 Å². The molecule has 0 radical (unpaired) electrons. The zero-order valence-electron chi connectivity index (χ0n) is 19.8. The molecule has 2 aliphatic rings. The van der Waals surface area contributed by atoms with Crippen LogP contribution in [0.5, 0.6) is 0 Å². The van der Waals surface area contributed by atoms with Gasteiger partial charge in [-0.15, -0.1) is 0 Å². The Morgan fingerprint density at radius 2 is 1.66 bits per heavy atom. The van der Waals surface area contributed by atoms with Gasteiger partial charge in [-0.25, -0.2) is 4.99 Å². The van der Waals surface area contributed by atoms with Gasteiger partial charge in [0.15, 0.2) is 0 Å². The van der Waals surface area contributed by atoms with Crippen LogP contribution >= 0.6 is 11.6 Å². The maximum absolute atomic E-state index is 6.05. The third-order valence-corrected chi connectivity index (χ3v) is 6.33. The number of amidine groups is 1. The van der Waals surface area contributed by atoms with E-state index in [4.69, 9.17) is 26.1 Å². The van der Waals surface area contributed by atoms with E-state index >= 15 is 0 Å². The second kappa shape index (κ2) is 11.7. The number of nitrogens with zero attached hydrogens (tertiary/aromatic N) is 3. The van der Waals surface area contributed by atoms with Crippen molar-refractivity contribution in [3.8, 4) is 0 Å². The summed E-state index contributed by atoms with van der Waals surface area (Å²) in [6.45, 7) is 17.4. The molecule has 0 amide bonds. The molecule has 5 nitrogen and oxygen atoms in total. The zero-order valence-corrected chi connectivity index (χ0v) is 20.6. The topological polar surface area (TPSA) is 37.3 Å². The van der Waals surface area contributed by atoms with Gasteiger partial charge in [0, 0.05) is 18.1 Å². The van der Waals surface area contributed by atoms with Gasteiger partial charge in [0.1, 0.15) is 11.7 Å². The fourth-order valence-corrected chi connectivity index (χ4v) is 4.17. The highest BCUT2D eigenvalue weighted by atomic mass is 35.5. The Bertz CT molecular complexity index is 876. The van der Waals surface area contributed by atoms with Crippen LogP contribution in [-0.4, -0.2) is 67.2 Å². The van der Waals surface area contributed by atoms with Crippen molar-refractivity contribution in [1.82, 2.24) is 9.80 Å². The Morgan fingerprint density at radius 3 is 2.22 bits per heavy atom. The van der Waals surface area contributed by atoms with Crippen molar-refractivity contribution >= 4 is 23.0 Å². The number of ether oxygens (including phenoxy) is 2. The summed E-state index contributed by atoms with van der Waals surface area (Å²) in [4.78, 5) is 9.71. The molecule has 0 bridgehead atoms. The highest BCUT2D eigenvalue weighted by molar-refractivity contribution is 6.30. The number of allylic oxidation sites excluding steroid dienone is 3.